The zero-order chi connectivity index (χ0) is 44.4. The fourth-order valence-corrected chi connectivity index (χ4v) is 7.55. The third-order valence-electron chi connectivity index (χ3n) is 10.1. The van der Waals surface area contributed by atoms with Crippen molar-refractivity contribution >= 4 is 23.6 Å². The van der Waals surface area contributed by atoms with Gasteiger partial charge in [-0.2, -0.15) is 11.8 Å². The third-order valence-corrected chi connectivity index (χ3v) is 11.3. The predicted molar refractivity (Wildman–Crippen MR) is 206 cm³/mol. The lowest BCUT2D eigenvalue weighted by molar-refractivity contribution is -0.300. The highest BCUT2D eigenvalue weighted by atomic mass is 32.2. The second kappa shape index (κ2) is 22.9. The Morgan fingerprint density at radius 1 is 0.590 bits per heavy atom. The van der Waals surface area contributed by atoms with Crippen molar-refractivity contribution in [3.05, 3.63) is 59.7 Å². The molecule has 0 unspecified atom stereocenters. The third kappa shape index (κ3) is 12.7. The van der Waals surface area contributed by atoms with Gasteiger partial charge in [0.1, 0.15) is 90.8 Å². The Bertz CT molecular complexity index is 1660. The van der Waals surface area contributed by atoms with Gasteiger partial charge in [-0.1, -0.05) is 24.3 Å². The number of benzene rings is 2. The number of ether oxygens (including phenoxy) is 6. The van der Waals surface area contributed by atoms with Gasteiger partial charge in [-0.15, -0.1) is 0 Å². The Labute approximate surface area is 353 Å². The zero-order valence-corrected chi connectivity index (χ0v) is 33.4. The molecule has 3 aliphatic rings. The molecule has 3 saturated heterocycles. The number of aliphatic hydroxyl groups excluding tert-OH is 12. The Morgan fingerprint density at radius 2 is 1.02 bits per heavy atom. The predicted octanol–water partition coefficient (Wildman–Crippen LogP) is -6.06. The zero-order valence-electron chi connectivity index (χ0n) is 32.6. The van der Waals surface area contributed by atoms with E-state index in [-0.39, 0.29) is 36.8 Å². The van der Waals surface area contributed by atoms with Crippen LogP contribution in [0.25, 0.3) is 0 Å². The first-order valence-electron chi connectivity index (χ1n) is 19.3. The number of hydrogen-bond acceptors (Lipinski definition) is 21. The van der Waals surface area contributed by atoms with E-state index in [2.05, 4.69) is 10.6 Å². The highest BCUT2D eigenvalue weighted by Crippen LogP contribution is 2.27. The van der Waals surface area contributed by atoms with Crippen molar-refractivity contribution in [1.82, 2.24) is 10.6 Å². The van der Waals surface area contributed by atoms with Crippen molar-refractivity contribution in [2.45, 2.75) is 110 Å². The van der Waals surface area contributed by atoms with Gasteiger partial charge in [-0.05, 0) is 35.4 Å². The lowest BCUT2D eigenvalue weighted by atomic mass is 9.99. The molecule has 3 heterocycles. The monoisotopic (exact) mass is 890 g/mol. The molecule has 3 aliphatic heterocycles. The van der Waals surface area contributed by atoms with Gasteiger partial charge in [0.05, 0.1) is 32.8 Å². The van der Waals surface area contributed by atoms with E-state index in [0.717, 1.165) is 5.56 Å². The van der Waals surface area contributed by atoms with Crippen molar-refractivity contribution in [1.29, 1.82) is 0 Å². The standard InChI is InChI=1S/C38H54N2O20S/c41-12-22-26(45)29(48)32(51)36(58-22)55-10-9-39-35(54)21(16-61-15-18-3-7-20(8-4-18)57-38-34(53)31(50)28(47)24(14-43)60-38)40-25(44)11-17-1-5-19(6-2-17)56-37-33(52)30(49)27(46)23(13-42)59-37/h1-8,21-24,26-34,36-38,41-43,45-53H,9-16H2,(H,39,54)(H,40,44)/t21-,22+,23+,24+,26+,27+,28+,29-,30-,31-,32-,33-,34-,36-,37-,38-/m0/s1. The summed E-state index contributed by atoms with van der Waals surface area (Å²) in [6, 6.07) is 11.5. The van der Waals surface area contributed by atoms with E-state index >= 15 is 0 Å². The minimum Gasteiger partial charge on any atom is -0.462 e. The van der Waals surface area contributed by atoms with Crippen LogP contribution in [0, 0.1) is 0 Å². The molecule has 22 nitrogen and oxygen atoms in total. The van der Waals surface area contributed by atoms with Gasteiger partial charge in [-0.25, -0.2) is 0 Å². The van der Waals surface area contributed by atoms with Crippen LogP contribution in [0.5, 0.6) is 11.5 Å². The smallest absolute Gasteiger partial charge is 0.243 e. The molecule has 2 aromatic rings. The van der Waals surface area contributed by atoms with Crippen LogP contribution in [0.2, 0.25) is 0 Å². The fourth-order valence-electron chi connectivity index (χ4n) is 6.53. The lowest BCUT2D eigenvalue weighted by Gasteiger charge is -2.39. The molecule has 0 saturated carbocycles. The van der Waals surface area contributed by atoms with Crippen molar-refractivity contribution < 1.29 is 99.3 Å². The van der Waals surface area contributed by atoms with Gasteiger partial charge in [-0.3, -0.25) is 9.59 Å². The number of aliphatic hydroxyl groups is 12. The molecule has 23 heteroatoms. The molecular formula is C38H54N2O20S. The van der Waals surface area contributed by atoms with Crippen molar-refractivity contribution in [3.63, 3.8) is 0 Å². The maximum absolute atomic E-state index is 13.4. The molecule has 3 fully saturated rings. The van der Waals surface area contributed by atoms with Crippen LogP contribution in [-0.4, -0.2) is 210 Å². The largest absolute Gasteiger partial charge is 0.462 e. The van der Waals surface area contributed by atoms with Crippen LogP contribution in [-0.2, 0) is 40.7 Å². The van der Waals surface area contributed by atoms with Crippen molar-refractivity contribution in [2.24, 2.45) is 0 Å². The van der Waals surface area contributed by atoms with Crippen LogP contribution in [0.4, 0.5) is 0 Å². The minimum absolute atomic E-state index is 0.0835. The summed E-state index contributed by atoms with van der Waals surface area (Å²) in [4.78, 5) is 26.7. The second-order valence-electron chi connectivity index (χ2n) is 14.6. The summed E-state index contributed by atoms with van der Waals surface area (Å²) in [6.07, 6.45) is -22.3. The Hall–Kier alpha value is -3.31. The molecule has 2 aromatic carbocycles. The Kier molecular flexibility index (Phi) is 18.3. The van der Waals surface area contributed by atoms with Gasteiger partial charge in [0.25, 0.3) is 0 Å². The molecule has 0 aliphatic carbocycles. The first kappa shape index (κ1) is 48.7. The van der Waals surface area contributed by atoms with Crippen molar-refractivity contribution in [3.8, 4) is 11.5 Å². The fraction of sp³-hybridized carbons (Fsp3) is 0.632. The average molecular weight is 891 g/mol. The van der Waals surface area contributed by atoms with Gasteiger partial charge in [0.15, 0.2) is 6.29 Å². The number of hydrogen-bond donors (Lipinski definition) is 14. The Morgan fingerprint density at radius 3 is 1.48 bits per heavy atom. The molecule has 14 N–H and O–H groups in total. The van der Waals surface area contributed by atoms with E-state index in [9.17, 15) is 70.9 Å². The highest BCUT2D eigenvalue weighted by molar-refractivity contribution is 7.98. The molecule has 0 bridgehead atoms. The summed E-state index contributed by atoms with van der Waals surface area (Å²) in [5.74, 6) is -0.250. The van der Waals surface area contributed by atoms with Crippen LogP contribution >= 0.6 is 11.8 Å². The summed E-state index contributed by atoms with van der Waals surface area (Å²) in [5.41, 5.74) is 1.28. The van der Waals surface area contributed by atoms with E-state index in [0.29, 0.717) is 11.3 Å². The summed E-state index contributed by atoms with van der Waals surface area (Å²) >= 11 is 1.30. The van der Waals surface area contributed by atoms with Gasteiger partial charge >= 0.3 is 0 Å². The maximum Gasteiger partial charge on any atom is 0.243 e. The lowest BCUT2D eigenvalue weighted by Crippen LogP contribution is -2.60. The van der Waals surface area contributed by atoms with Crippen LogP contribution in [0.15, 0.2) is 48.5 Å². The van der Waals surface area contributed by atoms with E-state index in [1.54, 1.807) is 36.4 Å². The number of carbonyl (C=O) groups excluding carboxylic acids is 2. The van der Waals surface area contributed by atoms with E-state index in [1.807, 2.05) is 0 Å². The van der Waals surface area contributed by atoms with E-state index < -0.39 is 130 Å². The number of thioether (sulfide) groups is 1. The summed E-state index contributed by atoms with van der Waals surface area (Å²) in [7, 11) is 0. The summed E-state index contributed by atoms with van der Waals surface area (Å²) < 4.78 is 32.7. The molecular weight excluding hydrogens is 836 g/mol. The molecule has 0 aromatic heterocycles. The molecule has 2 amide bonds. The van der Waals surface area contributed by atoms with Crippen LogP contribution in [0.1, 0.15) is 11.1 Å². The minimum atomic E-state index is -1.65. The van der Waals surface area contributed by atoms with Gasteiger partial charge < -0.3 is 100 Å². The van der Waals surface area contributed by atoms with Crippen LogP contribution < -0.4 is 20.1 Å². The normalized spacial score (nSPS) is 34.6. The number of carbonyl (C=O) groups is 2. The van der Waals surface area contributed by atoms with E-state index in [1.165, 1.54) is 23.9 Å². The highest BCUT2D eigenvalue weighted by Gasteiger charge is 2.46. The number of amides is 2. The molecule has 16 atom stereocenters. The average Bonchev–Trinajstić information content (AvgIpc) is 3.26. The molecule has 5 rings (SSSR count). The SMILES string of the molecule is O=C(Cc1ccc(O[C@H]2O[C@H](CO)[C@@H](O)[C@H](O)[C@@H]2O)cc1)N[C@@H](CSCc1ccc(O[C@H]2O[C@H](CO)[C@@H](O)[C@H](O)[C@@H]2O)cc1)C(=O)NCCO[C@H]1O[C@H](CO)[C@@H](O)[C@H](O)[C@@H]1O. The quantitative estimate of drug-likeness (QED) is 0.0584. The number of nitrogens with one attached hydrogen (secondary N) is 2. The molecule has 0 radical (unpaired) electrons. The van der Waals surface area contributed by atoms with Crippen molar-refractivity contribution in [2.75, 3.05) is 38.7 Å². The molecule has 61 heavy (non-hydrogen) atoms. The first-order chi connectivity index (χ1) is 29.1. The van der Waals surface area contributed by atoms with Gasteiger partial charge in [0.2, 0.25) is 24.4 Å². The van der Waals surface area contributed by atoms with Crippen LogP contribution in [0.3, 0.4) is 0 Å². The topological polar surface area (TPSA) is 356 Å². The molecule has 342 valence electrons. The maximum atomic E-state index is 13.4. The van der Waals surface area contributed by atoms with E-state index in [4.69, 9.17) is 28.4 Å². The summed E-state index contributed by atoms with van der Waals surface area (Å²) in [5, 5.41) is 125. The van der Waals surface area contributed by atoms with Gasteiger partial charge in [0, 0.05) is 18.1 Å². The first-order valence-corrected chi connectivity index (χ1v) is 20.5. The number of rotatable bonds is 19. The second-order valence-corrected chi connectivity index (χ2v) is 15.6. The molecule has 0 spiro atoms. The Balaban J connectivity index is 1.16. The summed E-state index contributed by atoms with van der Waals surface area (Å²) in [6.45, 7) is -2.25.